The number of nitrogens with one attached hydrogen (secondary N) is 1. The van der Waals surface area contributed by atoms with Gasteiger partial charge in [0.1, 0.15) is 5.54 Å². The molecule has 12 heavy (non-hydrogen) atoms. The molecule has 0 bridgehead atoms. The van der Waals surface area contributed by atoms with Crippen molar-refractivity contribution in [3.8, 4) is 6.07 Å². The first-order valence-corrected chi connectivity index (χ1v) is 4.13. The molecule has 0 spiro atoms. The Labute approximate surface area is 70.6 Å². The Morgan fingerprint density at radius 2 is 2.25 bits per heavy atom. The fraction of sp³-hybridized carbons (Fsp3) is 0.875. The quantitative estimate of drug-likeness (QED) is 0.691. The maximum Gasteiger partial charge on any atom is 0.241 e. The number of piperidine rings is 1. The third kappa shape index (κ3) is 2.15. The molecular formula is C8H12F2N2. The fourth-order valence-electron chi connectivity index (χ4n) is 1.55. The summed E-state index contributed by atoms with van der Waals surface area (Å²) in [5.41, 5.74) is -0.952. The van der Waals surface area contributed by atoms with Gasteiger partial charge in [0.15, 0.2) is 0 Å². The van der Waals surface area contributed by atoms with E-state index in [1.54, 1.807) is 0 Å². The van der Waals surface area contributed by atoms with Crippen molar-refractivity contribution in [3.63, 3.8) is 0 Å². The Morgan fingerprint density at radius 1 is 1.50 bits per heavy atom. The molecule has 1 fully saturated rings. The summed E-state index contributed by atoms with van der Waals surface area (Å²) < 4.78 is 24.1. The third-order valence-electron chi connectivity index (χ3n) is 2.21. The van der Waals surface area contributed by atoms with Gasteiger partial charge in [-0.2, -0.15) is 5.26 Å². The van der Waals surface area contributed by atoms with E-state index in [2.05, 4.69) is 5.32 Å². The Morgan fingerprint density at radius 3 is 2.67 bits per heavy atom. The number of hydrogen-bond donors (Lipinski definition) is 1. The molecule has 4 heteroatoms. The molecule has 1 rings (SSSR count). The second-order valence-corrected chi connectivity index (χ2v) is 3.17. The molecule has 1 N–H and O–H groups in total. The molecule has 68 valence electrons. The lowest BCUT2D eigenvalue weighted by molar-refractivity contribution is 0.0985. The van der Waals surface area contributed by atoms with E-state index in [4.69, 9.17) is 5.26 Å². The maximum atomic E-state index is 12.1. The van der Waals surface area contributed by atoms with Crippen LogP contribution in [0.1, 0.15) is 25.7 Å². The van der Waals surface area contributed by atoms with Gasteiger partial charge < -0.3 is 0 Å². The van der Waals surface area contributed by atoms with Crippen molar-refractivity contribution in [1.82, 2.24) is 5.32 Å². The van der Waals surface area contributed by atoms with Crippen LogP contribution in [0, 0.1) is 11.3 Å². The molecule has 1 unspecified atom stereocenters. The molecule has 1 aliphatic heterocycles. The van der Waals surface area contributed by atoms with Crippen molar-refractivity contribution in [2.75, 3.05) is 6.54 Å². The van der Waals surface area contributed by atoms with Gasteiger partial charge in [0, 0.05) is 6.42 Å². The van der Waals surface area contributed by atoms with Crippen molar-refractivity contribution in [2.45, 2.75) is 37.6 Å². The number of nitriles is 1. The second-order valence-electron chi connectivity index (χ2n) is 3.17. The SMILES string of the molecule is N#CC1(CC(F)F)CCCCN1. The number of rotatable bonds is 2. The lowest BCUT2D eigenvalue weighted by atomic mass is 9.87. The zero-order valence-corrected chi connectivity index (χ0v) is 6.82. The van der Waals surface area contributed by atoms with Gasteiger partial charge in [-0.3, -0.25) is 5.32 Å². The van der Waals surface area contributed by atoms with Crippen molar-refractivity contribution in [3.05, 3.63) is 0 Å². The average molecular weight is 174 g/mol. The van der Waals surface area contributed by atoms with Gasteiger partial charge in [-0.05, 0) is 25.8 Å². The molecule has 0 aromatic rings. The minimum atomic E-state index is -2.39. The summed E-state index contributed by atoms with van der Waals surface area (Å²) in [5, 5.41) is 11.6. The van der Waals surface area contributed by atoms with Crippen molar-refractivity contribution >= 4 is 0 Å². The first-order chi connectivity index (χ1) is 5.68. The van der Waals surface area contributed by atoms with Gasteiger partial charge in [0.2, 0.25) is 6.43 Å². The van der Waals surface area contributed by atoms with E-state index in [0.29, 0.717) is 13.0 Å². The highest BCUT2D eigenvalue weighted by Gasteiger charge is 2.34. The molecule has 0 saturated carbocycles. The monoisotopic (exact) mass is 174 g/mol. The van der Waals surface area contributed by atoms with E-state index >= 15 is 0 Å². The van der Waals surface area contributed by atoms with Gasteiger partial charge in [0.25, 0.3) is 0 Å². The third-order valence-corrected chi connectivity index (χ3v) is 2.21. The van der Waals surface area contributed by atoms with Crippen LogP contribution >= 0.6 is 0 Å². The number of nitrogens with zero attached hydrogens (tertiary/aromatic N) is 1. The topological polar surface area (TPSA) is 35.8 Å². The highest BCUT2D eigenvalue weighted by atomic mass is 19.3. The lowest BCUT2D eigenvalue weighted by Gasteiger charge is -2.31. The standard InChI is InChI=1S/C8H12F2N2/c9-7(10)5-8(6-11)3-1-2-4-12-8/h7,12H,1-5H2. The van der Waals surface area contributed by atoms with Crippen LogP contribution in [-0.4, -0.2) is 18.5 Å². The minimum absolute atomic E-state index is 0.344. The van der Waals surface area contributed by atoms with Crippen molar-refractivity contribution in [1.29, 1.82) is 5.26 Å². The summed E-state index contributed by atoms with van der Waals surface area (Å²) in [6.07, 6.45) is -0.340. The van der Waals surface area contributed by atoms with E-state index in [1.807, 2.05) is 6.07 Å². The predicted octanol–water partition coefficient (Wildman–Crippen LogP) is 1.68. The highest BCUT2D eigenvalue weighted by Crippen LogP contribution is 2.24. The molecule has 0 amide bonds. The van der Waals surface area contributed by atoms with Gasteiger partial charge in [-0.1, -0.05) is 0 Å². The zero-order valence-electron chi connectivity index (χ0n) is 6.82. The van der Waals surface area contributed by atoms with Crippen LogP contribution in [0.3, 0.4) is 0 Å². The molecule has 0 aliphatic carbocycles. The Hall–Kier alpha value is -0.690. The largest absolute Gasteiger partial charge is 0.299 e. The van der Waals surface area contributed by atoms with Crippen LogP contribution in [0.4, 0.5) is 8.78 Å². The molecular weight excluding hydrogens is 162 g/mol. The molecule has 0 aromatic carbocycles. The van der Waals surface area contributed by atoms with Gasteiger partial charge in [-0.15, -0.1) is 0 Å². The van der Waals surface area contributed by atoms with Crippen LogP contribution in [0.15, 0.2) is 0 Å². The van der Waals surface area contributed by atoms with Crippen LogP contribution < -0.4 is 5.32 Å². The first-order valence-electron chi connectivity index (χ1n) is 4.13. The van der Waals surface area contributed by atoms with E-state index in [-0.39, 0.29) is 6.42 Å². The molecule has 2 nitrogen and oxygen atoms in total. The summed E-state index contributed by atoms with van der Waals surface area (Å²) in [5.74, 6) is 0. The Bertz CT molecular complexity index is 180. The summed E-state index contributed by atoms with van der Waals surface area (Å²) in [4.78, 5) is 0. The Kier molecular flexibility index (Phi) is 2.99. The molecule has 1 atom stereocenters. The first kappa shape index (κ1) is 9.40. The number of halogens is 2. The number of hydrogen-bond acceptors (Lipinski definition) is 2. The Balaban J connectivity index is 2.55. The second kappa shape index (κ2) is 3.81. The van der Waals surface area contributed by atoms with E-state index in [1.165, 1.54) is 0 Å². The lowest BCUT2D eigenvalue weighted by Crippen LogP contribution is -2.48. The van der Waals surface area contributed by atoms with Gasteiger partial charge >= 0.3 is 0 Å². The fourth-order valence-corrected chi connectivity index (χ4v) is 1.55. The normalized spacial score (nSPS) is 30.2. The molecule has 0 radical (unpaired) electrons. The maximum absolute atomic E-state index is 12.1. The van der Waals surface area contributed by atoms with E-state index < -0.39 is 12.0 Å². The smallest absolute Gasteiger partial charge is 0.241 e. The molecule has 0 aromatic heterocycles. The van der Waals surface area contributed by atoms with Gasteiger partial charge in [-0.25, -0.2) is 8.78 Å². The minimum Gasteiger partial charge on any atom is -0.299 e. The van der Waals surface area contributed by atoms with Crippen LogP contribution in [-0.2, 0) is 0 Å². The van der Waals surface area contributed by atoms with Gasteiger partial charge in [0.05, 0.1) is 6.07 Å². The summed E-state index contributed by atoms with van der Waals surface area (Å²) in [7, 11) is 0. The van der Waals surface area contributed by atoms with E-state index in [9.17, 15) is 8.78 Å². The molecule has 1 saturated heterocycles. The van der Waals surface area contributed by atoms with Crippen LogP contribution in [0.25, 0.3) is 0 Å². The highest BCUT2D eigenvalue weighted by molar-refractivity contribution is 5.08. The summed E-state index contributed by atoms with van der Waals surface area (Å²) >= 11 is 0. The average Bonchev–Trinajstić information content (AvgIpc) is 2.05. The molecule has 1 aliphatic rings. The summed E-state index contributed by atoms with van der Waals surface area (Å²) in [6, 6.07) is 1.96. The van der Waals surface area contributed by atoms with Crippen molar-refractivity contribution in [2.24, 2.45) is 0 Å². The van der Waals surface area contributed by atoms with Crippen molar-refractivity contribution < 1.29 is 8.78 Å². The van der Waals surface area contributed by atoms with E-state index in [0.717, 1.165) is 12.8 Å². The van der Waals surface area contributed by atoms with Crippen LogP contribution in [0.2, 0.25) is 0 Å². The zero-order chi connectivity index (χ0) is 9.03. The van der Waals surface area contributed by atoms with Crippen LogP contribution in [0.5, 0.6) is 0 Å². The number of alkyl halides is 2. The predicted molar refractivity (Wildman–Crippen MR) is 40.8 cm³/mol. The summed E-state index contributed by atoms with van der Waals surface area (Å²) in [6.45, 7) is 0.681. The molecule has 1 heterocycles.